The van der Waals surface area contributed by atoms with Crippen LogP contribution in [-0.4, -0.2) is 27.9 Å². The Bertz CT molecular complexity index is 860. The number of nitrogens with zero attached hydrogens (tertiary/aromatic N) is 2. The van der Waals surface area contributed by atoms with E-state index in [1.807, 2.05) is 18.2 Å². The van der Waals surface area contributed by atoms with Crippen LogP contribution in [0, 0.1) is 0 Å². The van der Waals surface area contributed by atoms with Crippen LogP contribution < -0.4 is 4.74 Å². The van der Waals surface area contributed by atoms with Gasteiger partial charge in [0, 0.05) is 19.6 Å². The van der Waals surface area contributed by atoms with Gasteiger partial charge in [-0.05, 0) is 48.1 Å². The van der Waals surface area contributed by atoms with Crippen molar-refractivity contribution in [1.82, 2.24) is 9.55 Å². The summed E-state index contributed by atoms with van der Waals surface area (Å²) in [5.41, 5.74) is 3.64. The van der Waals surface area contributed by atoms with Crippen LogP contribution in [-0.2, 0) is 18.4 Å². The molecule has 0 saturated carbocycles. The molecule has 4 heteroatoms. The lowest BCUT2D eigenvalue weighted by Crippen LogP contribution is -2.11. The molecule has 1 N–H and O–H groups in total. The van der Waals surface area contributed by atoms with Gasteiger partial charge in [-0.1, -0.05) is 45.0 Å². The molecule has 0 unspecified atom stereocenters. The lowest BCUT2D eigenvalue weighted by molar-refractivity contribution is 0.285. The van der Waals surface area contributed by atoms with Gasteiger partial charge < -0.3 is 14.4 Å². The van der Waals surface area contributed by atoms with E-state index in [1.54, 1.807) is 0 Å². The van der Waals surface area contributed by atoms with Crippen molar-refractivity contribution in [3.8, 4) is 5.75 Å². The molecule has 0 aliphatic heterocycles. The molecule has 0 amide bonds. The predicted molar refractivity (Wildman–Crippen MR) is 110 cm³/mol. The quantitative estimate of drug-likeness (QED) is 0.586. The standard InChI is InChI=1S/C23H30N2O2/c1-23(2,3)18-11-13-19(14-12-18)27-17-7-15-25-21-9-5-4-8-20(21)24-22(25)10-6-16-26/h4-5,8-9,11-14,26H,6-7,10,15-17H2,1-3H3. The van der Waals surface area contributed by atoms with Crippen LogP contribution in [0.4, 0.5) is 0 Å². The Morgan fingerprint density at radius 3 is 2.44 bits per heavy atom. The average Bonchev–Trinajstić information content (AvgIpc) is 3.01. The van der Waals surface area contributed by atoms with E-state index < -0.39 is 0 Å². The number of aliphatic hydroxyl groups is 1. The molecule has 2 aromatic carbocycles. The summed E-state index contributed by atoms with van der Waals surface area (Å²) >= 11 is 0. The highest BCUT2D eigenvalue weighted by molar-refractivity contribution is 5.75. The maximum absolute atomic E-state index is 9.15. The molecule has 0 aliphatic carbocycles. The first-order chi connectivity index (χ1) is 13.0. The summed E-state index contributed by atoms with van der Waals surface area (Å²) in [5.74, 6) is 1.96. The third-order valence-electron chi connectivity index (χ3n) is 4.81. The summed E-state index contributed by atoms with van der Waals surface area (Å²) in [6.45, 7) is 8.37. The molecule has 3 aromatic rings. The second-order valence-electron chi connectivity index (χ2n) is 7.97. The fourth-order valence-electron chi connectivity index (χ4n) is 3.27. The highest BCUT2D eigenvalue weighted by atomic mass is 16.5. The Balaban J connectivity index is 1.60. The molecule has 3 rings (SSSR count). The number of rotatable bonds is 8. The SMILES string of the molecule is CC(C)(C)c1ccc(OCCCn2c(CCCO)nc3ccccc32)cc1. The molecule has 0 atom stereocenters. The van der Waals surface area contributed by atoms with Crippen molar-refractivity contribution in [1.29, 1.82) is 0 Å². The number of aryl methyl sites for hydroxylation is 2. The summed E-state index contributed by atoms with van der Waals surface area (Å²) in [6, 6.07) is 16.6. The van der Waals surface area contributed by atoms with Crippen LogP contribution in [0.1, 0.15) is 45.0 Å². The number of benzene rings is 2. The van der Waals surface area contributed by atoms with Gasteiger partial charge in [0.1, 0.15) is 11.6 Å². The van der Waals surface area contributed by atoms with E-state index in [2.05, 4.69) is 55.7 Å². The molecule has 4 nitrogen and oxygen atoms in total. The molecular formula is C23H30N2O2. The molecule has 0 fully saturated rings. The van der Waals surface area contributed by atoms with Gasteiger partial charge in [0.15, 0.2) is 0 Å². The molecule has 0 radical (unpaired) electrons. The molecule has 0 bridgehead atoms. The van der Waals surface area contributed by atoms with Gasteiger partial charge in [0.25, 0.3) is 0 Å². The number of aliphatic hydroxyl groups excluding tert-OH is 1. The second-order valence-corrected chi connectivity index (χ2v) is 7.97. The molecule has 1 heterocycles. The molecule has 27 heavy (non-hydrogen) atoms. The summed E-state index contributed by atoms with van der Waals surface area (Å²) in [6.07, 6.45) is 2.44. The van der Waals surface area contributed by atoms with Crippen molar-refractivity contribution >= 4 is 11.0 Å². The van der Waals surface area contributed by atoms with Crippen molar-refractivity contribution in [3.05, 3.63) is 59.9 Å². The van der Waals surface area contributed by atoms with Crippen molar-refractivity contribution in [3.63, 3.8) is 0 Å². The van der Waals surface area contributed by atoms with E-state index in [0.29, 0.717) is 6.61 Å². The summed E-state index contributed by atoms with van der Waals surface area (Å²) in [7, 11) is 0. The molecule has 0 aliphatic rings. The van der Waals surface area contributed by atoms with Gasteiger partial charge in [-0.3, -0.25) is 0 Å². The van der Waals surface area contributed by atoms with Crippen LogP contribution in [0.25, 0.3) is 11.0 Å². The van der Waals surface area contributed by atoms with Crippen molar-refractivity contribution in [2.75, 3.05) is 13.2 Å². The molecule has 1 aromatic heterocycles. The Kier molecular flexibility index (Phi) is 6.17. The van der Waals surface area contributed by atoms with Gasteiger partial charge in [0.05, 0.1) is 17.6 Å². The fourth-order valence-corrected chi connectivity index (χ4v) is 3.27. The zero-order valence-electron chi connectivity index (χ0n) is 16.6. The van der Waals surface area contributed by atoms with E-state index >= 15 is 0 Å². The van der Waals surface area contributed by atoms with Gasteiger partial charge >= 0.3 is 0 Å². The highest BCUT2D eigenvalue weighted by Gasteiger charge is 2.13. The lowest BCUT2D eigenvalue weighted by Gasteiger charge is -2.19. The third-order valence-corrected chi connectivity index (χ3v) is 4.81. The van der Waals surface area contributed by atoms with Gasteiger partial charge in [0.2, 0.25) is 0 Å². The highest BCUT2D eigenvalue weighted by Crippen LogP contribution is 2.24. The number of hydrogen-bond donors (Lipinski definition) is 1. The van der Waals surface area contributed by atoms with Crippen molar-refractivity contribution in [2.24, 2.45) is 0 Å². The third kappa shape index (κ3) is 4.89. The molecule has 0 spiro atoms. The van der Waals surface area contributed by atoms with Crippen molar-refractivity contribution < 1.29 is 9.84 Å². The van der Waals surface area contributed by atoms with Crippen LogP contribution >= 0.6 is 0 Å². The Hall–Kier alpha value is -2.33. The summed E-state index contributed by atoms with van der Waals surface area (Å²) in [5, 5.41) is 9.15. The van der Waals surface area contributed by atoms with E-state index in [9.17, 15) is 0 Å². The van der Waals surface area contributed by atoms with Gasteiger partial charge in [-0.25, -0.2) is 4.98 Å². The van der Waals surface area contributed by atoms with E-state index in [0.717, 1.165) is 48.4 Å². The normalized spacial score (nSPS) is 11.9. The van der Waals surface area contributed by atoms with E-state index in [1.165, 1.54) is 5.56 Å². The van der Waals surface area contributed by atoms with E-state index in [-0.39, 0.29) is 12.0 Å². The maximum Gasteiger partial charge on any atom is 0.119 e. The largest absolute Gasteiger partial charge is 0.494 e. The number of hydrogen-bond acceptors (Lipinski definition) is 3. The number of imidazole rings is 1. The Labute approximate surface area is 161 Å². The van der Waals surface area contributed by atoms with Crippen LogP contribution in [0.15, 0.2) is 48.5 Å². The lowest BCUT2D eigenvalue weighted by atomic mass is 9.87. The fraction of sp³-hybridized carbons (Fsp3) is 0.435. The Morgan fingerprint density at radius 1 is 1.00 bits per heavy atom. The first kappa shape index (κ1) is 19.4. The average molecular weight is 367 g/mol. The molecule has 144 valence electrons. The second kappa shape index (κ2) is 8.57. The minimum Gasteiger partial charge on any atom is -0.494 e. The van der Waals surface area contributed by atoms with Crippen LogP contribution in [0.5, 0.6) is 5.75 Å². The maximum atomic E-state index is 9.15. The predicted octanol–water partition coefficient (Wildman–Crippen LogP) is 4.73. The Morgan fingerprint density at radius 2 is 1.74 bits per heavy atom. The summed E-state index contributed by atoms with van der Waals surface area (Å²) < 4.78 is 8.19. The first-order valence-electron chi connectivity index (χ1n) is 9.77. The van der Waals surface area contributed by atoms with Gasteiger partial charge in [-0.15, -0.1) is 0 Å². The molecular weight excluding hydrogens is 336 g/mol. The number of aromatic nitrogens is 2. The zero-order valence-corrected chi connectivity index (χ0v) is 16.6. The van der Waals surface area contributed by atoms with Gasteiger partial charge in [-0.2, -0.15) is 0 Å². The van der Waals surface area contributed by atoms with Crippen molar-refractivity contribution in [2.45, 2.75) is 52.0 Å². The smallest absolute Gasteiger partial charge is 0.119 e. The minimum atomic E-state index is 0.159. The topological polar surface area (TPSA) is 47.3 Å². The number of para-hydroxylation sites is 2. The molecule has 0 saturated heterocycles. The number of ether oxygens (including phenoxy) is 1. The zero-order chi connectivity index (χ0) is 19.3. The van der Waals surface area contributed by atoms with E-state index in [4.69, 9.17) is 14.8 Å². The first-order valence-corrected chi connectivity index (χ1v) is 9.77. The minimum absolute atomic E-state index is 0.159. The number of fused-ring (bicyclic) bond motifs is 1. The van der Waals surface area contributed by atoms with Crippen LogP contribution in [0.2, 0.25) is 0 Å². The van der Waals surface area contributed by atoms with Crippen LogP contribution in [0.3, 0.4) is 0 Å². The summed E-state index contributed by atoms with van der Waals surface area (Å²) in [4.78, 5) is 4.73. The monoisotopic (exact) mass is 366 g/mol.